The molecule has 0 atom stereocenters. The summed E-state index contributed by atoms with van der Waals surface area (Å²) in [5.41, 5.74) is 1.08. The van der Waals surface area contributed by atoms with Gasteiger partial charge in [-0.25, -0.2) is 4.39 Å². The van der Waals surface area contributed by atoms with Crippen LogP contribution in [0, 0.1) is 9.39 Å². The Hall–Kier alpha value is -0.940. The third-order valence-electron chi connectivity index (χ3n) is 2.64. The molecule has 3 rings (SSSR count). The first-order chi connectivity index (χ1) is 8.25. The van der Waals surface area contributed by atoms with Gasteiger partial charge in [-0.1, -0.05) is 30.3 Å². The first-order valence-electron chi connectivity index (χ1n) is 5.18. The Morgan fingerprint density at radius 2 is 1.65 bits per heavy atom. The fourth-order valence-corrected chi connectivity index (χ4v) is 4.20. The Balaban J connectivity index is 2.24. The summed E-state index contributed by atoms with van der Waals surface area (Å²) in [7, 11) is 0. The molecule has 0 saturated carbocycles. The monoisotopic (exact) mass is 354 g/mol. The van der Waals surface area contributed by atoms with E-state index in [0.717, 1.165) is 5.56 Å². The molecule has 0 spiro atoms. The van der Waals surface area contributed by atoms with Crippen LogP contribution in [0.3, 0.4) is 0 Å². The lowest BCUT2D eigenvalue weighted by Gasteiger charge is -1.98. The van der Waals surface area contributed by atoms with Crippen LogP contribution in [-0.4, -0.2) is 0 Å². The van der Waals surface area contributed by atoms with Crippen molar-refractivity contribution in [2.45, 2.75) is 0 Å². The average Bonchev–Trinajstić information content (AvgIpc) is 2.69. The van der Waals surface area contributed by atoms with E-state index in [9.17, 15) is 4.39 Å². The zero-order chi connectivity index (χ0) is 11.8. The molecule has 0 radical (unpaired) electrons. The number of hydrogen-bond donors (Lipinski definition) is 0. The SMILES string of the molecule is Fc1ccc(-c2sc3ccccc3c2I)cc1. The number of benzene rings is 2. The van der Waals surface area contributed by atoms with Gasteiger partial charge in [0.1, 0.15) is 5.82 Å². The number of halogens is 2. The Morgan fingerprint density at radius 3 is 2.35 bits per heavy atom. The second-order valence-electron chi connectivity index (χ2n) is 3.75. The molecule has 0 amide bonds. The van der Waals surface area contributed by atoms with Gasteiger partial charge in [-0.3, -0.25) is 0 Å². The first-order valence-corrected chi connectivity index (χ1v) is 7.08. The van der Waals surface area contributed by atoms with Crippen molar-refractivity contribution in [2.24, 2.45) is 0 Å². The fraction of sp³-hybridized carbons (Fsp3) is 0. The Morgan fingerprint density at radius 1 is 0.941 bits per heavy atom. The van der Waals surface area contributed by atoms with Gasteiger partial charge in [-0.15, -0.1) is 11.3 Å². The molecule has 17 heavy (non-hydrogen) atoms. The summed E-state index contributed by atoms with van der Waals surface area (Å²) in [6, 6.07) is 15.0. The average molecular weight is 354 g/mol. The van der Waals surface area contributed by atoms with Crippen LogP contribution in [0.4, 0.5) is 4.39 Å². The Kier molecular flexibility index (Phi) is 2.88. The molecule has 0 nitrogen and oxygen atoms in total. The summed E-state index contributed by atoms with van der Waals surface area (Å²) in [6.07, 6.45) is 0. The number of rotatable bonds is 1. The lowest BCUT2D eigenvalue weighted by Crippen LogP contribution is -1.77. The van der Waals surface area contributed by atoms with Crippen LogP contribution in [0.2, 0.25) is 0 Å². The third kappa shape index (κ3) is 1.98. The maximum absolute atomic E-state index is 12.9. The predicted octanol–water partition coefficient (Wildman–Crippen LogP) is 5.31. The molecule has 3 aromatic rings. The first kappa shape index (κ1) is 11.2. The molecule has 2 aromatic carbocycles. The van der Waals surface area contributed by atoms with Crippen LogP contribution < -0.4 is 0 Å². The van der Waals surface area contributed by atoms with Gasteiger partial charge in [-0.05, 0) is 46.4 Å². The summed E-state index contributed by atoms with van der Waals surface area (Å²) < 4.78 is 15.4. The maximum Gasteiger partial charge on any atom is 0.123 e. The molecule has 3 heteroatoms. The van der Waals surface area contributed by atoms with Crippen molar-refractivity contribution in [3.63, 3.8) is 0 Å². The minimum Gasteiger partial charge on any atom is -0.207 e. The van der Waals surface area contributed by atoms with Crippen LogP contribution in [0.5, 0.6) is 0 Å². The van der Waals surface area contributed by atoms with E-state index in [1.165, 1.54) is 30.7 Å². The summed E-state index contributed by atoms with van der Waals surface area (Å²) in [4.78, 5) is 1.21. The summed E-state index contributed by atoms with van der Waals surface area (Å²) in [5.74, 6) is -0.190. The highest BCUT2D eigenvalue weighted by Gasteiger charge is 2.10. The van der Waals surface area contributed by atoms with Crippen molar-refractivity contribution in [1.29, 1.82) is 0 Å². The lowest BCUT2D eigenvalue weighted by molar-refractivity contribution is 0.628. The molecule has 1 heterocycles. The number of hydrogen-bond acceptors (Lipinski definition) is 1. The van der Waals surface area contributed by atoms with Gasteiger partial charge >= 0.3 is 0 Å². The van der Waals surface area contributed by atoms with Crippen molar-refractivity contribution >= 4 is 44.0 Å². The van der Waals surface area contributed by atoms with Crippen LogP contribution in [0.1, 0.15) is 0 Å². The highest BCUT2D eigenvalue weighted by Crippen LogP contribution is 2.39. The van der Waals surface area contributed by atoms with Crippen LogP contribution in [-0.2, 0) is 0 Å². The van der Waals surface area contributed by atoms with E-state index in [4.69, 9.17) is 0 Å². The normalized spacial score (nSPS) is 10.9. The summed E-state index contributed by atoms with van der Waals surface area (Å²) in [6.45, 7) is 0. The molecular formula is C14H8FIS. The second-order valence-corrected chi connectivity index (χ2v) is 5.88. The molecule has 0 aliphatic heterocycles. The number of fused-ring (bicyclic) bond motifs is 1. The van der Waals surface area contributed by atoms with E-state index in [2.05, 4.69) is 34.7 Å². The van der Waals surface area contributed by atoms with E-state index in [1.807, 2.05) is 24.3 Å². The summed E-state index contributed by atoms with van der Waals surface area (Å²) >= 11 is 4.12. The zero-order valence-electron chi connectivity index (χ0n) is 8.78. The van der Waals surface area contributed by atoms with E-state index in [1.54, 1.807) is 11.3 Å². The van der Waals surface area contributed by atoms with Gasteiger partial charge < -0.3 is 0 Å². The van der Waals surface area contributed by atoms with Gasteiger partial charge in [-0.2, -0.15) is 0 Å². The highest BCUT2D eigenvalue weighted by molar-refractivity contribution is 14.1. The quantitative estimate of drug-likeness (QED) is 0.520. The lowest BCUT2D eigenvalue weighted by atomic mass is 10.1. The number of thiophene rings is 1. The van der Waals surface area contributed by atoms with Crippen LogP contribution in [0.15, 0.2) is 48.5 Å². The molecule has 0 fully saturated rings. The van der Waals surface area contributed by atoms with E-state index >= 15 is 0 Å². The van der Waals surface area contributed by atoms with Gasteiger partial charge in [0.05, 0.1) is 0 Å². The largest absolute Gasteiger partial charge is 0.207 e. The van der Waals surface area contributed by atoms with Crippen molar-refractivity contribution in [3.05, 3.63) is 57.9 Å². The molecule has 0 unspecified atom stereocenters. The summed E-state index contributed by atoms with van der Waals surface area (Å²) in [5, 5.41) is 1.28. The fourth-order valence-electron chi connectivity index (χ4n) is 1.80. The molecule has 1 aromatic heterocycles. The van der Waals surface area contributed by atoms with Gasteiger partial charge in [0.15, 0.2) is 0 Å². The van der Waals surface area contributed by atoms with Gasteiger partial charge in [0.25, 0.3) is 0 Å². The van der Waals surface area contributed by atoms with Crippen molar-refractivity contribution < 1.29 is 4.39 Å². The van der Waals surface area contributed by atoms with Crippen molar-refractivity contribution in [1.82, 2.24) is 0 Å². The smallest absolute Gasteiger partial charge is 0.123 e. The Labute approximate surface area is 116 Å². The molecule has 0 aliphatic carbocycles. The Bertz CT molecular complexity index is 670. The van der Waals surface area contributed by atoms with Crippen LogP contribution >= 0.6 is 33.9 Å². The predicted molar refractivity (Wildman–Crippen MR) is 79.9 cm³/mol. The molecule has 0 bridgehead atoms. The topological polar surface area (TPSA) is 0 Å². The molecule has 0 aliphatic rings. The zero-order valence-corrected chi connectivity index (χ0v) is 11.8. The van der Waals surface area contributed by atoms with Crippen molar-refractivity contribution in [2.75, 3.05) is 0 Å². The third-order valence-corrected chi connectivity index (χ3v) is 5.35. The van der Waals surface area contributed by atoms with Gasteiger partial charge in [0.2, 0.25) is 0 Å². The molecule has 0 saturated heterocycles. The standard InChI is InChI=1S/C14H8FIS/c15-10-7-5-9(6-8-10)14-13(16)11-3-1-2-4-12(11)17-14/h1-8H. The molecule has 84 valence electrons. The van der Waals surface area contributed by atoms with Crippen molar-refractivity contribution in [3.8, 4) is 10.4 Å². The maximum atomic E-state index is 12.9. The molecule has 0 N–H and O–H groups in total. The minimum absolute atomic E-state index is 0.190. The van der Waals surface area contributed by atoms with Gasteiger partial charge in [0, 0.05) is 18.5 Å². The van der Waals surface area contributed by atoms with E-state index in [0.29, 0.717) is 0 Å². The molecular weight excluding hydrogens is 346 g/mol. The van der Waals surface area contributed by atoms with E-state index < -0.39 is 0 Å². The highest BCUT2D eigenvalue weighted by atomic mass is 127. The minimum atomic E-state index is -0.190. The van der Waals surface area contributed by atoms with Crippen LogP contribution in [0.25, 0.3) is 20.5 Å². The van der Waals surface area contributed by atoms with E-state index in [-0.39, 0.29) is 5.82 Å². The second kappa shape index (κ2) is 4.38.